The number of rotatable bonds is 15. The van der Waals surface area contributed by atoms with Crippen molar-refractivity contribution in [1.82, 2.24) is 8.75 Å². The number of aryl methyl sites for hydroxylation is 1. The molecule has 0 amide bonds. The largest absolute Gasteiger partial charge is 0.473 e. The fourth-order valence-electron chi connectivity index (χ4n) is 2.18. The second kappa shape index (κ2) is 13.5. The first-order valence-corrected chi connectivity index (χ1v) is 9.76. The van der Waals surface area contributed by atoms with Gasteiger partial charge >= 0.3 is 0 Å². The highest BCUT2D eigenvalue weighted by Crippen LogP contribution is 2.26. The van der Waals surface area contributed by atoms with Gasteiger partial charge in [0.1, 0.15) is 13.7 Å². The Labute approximate surface area is 164 Å². The van der Waals surface area contributed by atoms with E-state index in [2.05, 4.69) is 8.75 Å². The summed E-state index contributed by atoms with van der Waals surface area (Å²) in [6.45, 7) is 6.93. The van der Waals surface area contributed by atoms with Crippen molar-refractivity contribution in [1.29, 1.82) is 0 Å². The molecule has 0 aliphatic heterocycles. The molecule has 9 heteroatoms. The molecule has 0 saturated carbocycles. The summed E-state index contributed by atoms with van der Waals surface area (Å²) in [7, 11) is 1.97. The van der Waals surface area contributed by atoms with Crippen LogP contribution >= 0.6 is 11.7 Å². The minimum absolute atomic E-state index is 0.415. The lowest BCUT2D eigenvalue weighted by atomic mass is 10.2. The third-order valence-corrected chi connectivity index (χ3v) is 3.97. The molecular weight excluding hydrogens is 370 g/mol. The van der Waals surface area contributed by atoms with E-state index in [1.165, 1.54) is 0 Å². The summed E-state index contributed by atoms with van der Waals surface area (Å²) in [6.07, 6.45) is 3.95. The topological polar surface area (TPSA) is 75.8 Å². The van der Waals surface area contributed by atoms with Gasteiger partial charge in [0.05, 0.1) is 63.5 Å². The van der Waals surface area contributed by atoms with Crippen LogP contribution in [0, 0.1) is 0 Å². The summed E-state index contributed by atoms with van der Waals surface area (Å²) in [5, 5.41) is 0. The van der Waals surface area contributed by atoms with Crippen molar-refractivity contribution < 1.29 is 28.3 Å². The van der Waals surface area contributed by atoms with Gasteiger partial charge < -0.3 is 23.7 Å². The molecule has 27 heavy (non-hydrogen) atoms. The van der Waals surface area contributed by atoms with E-state index in [1.807, 2.05) is 43.1 Å². The zero-order valence-corrected chi connectivity index (χ0v) is 16.8. The molecule has 2 rings (SSSR count). The van der Waals surface area contributed by atoms with Crippen LogP contribution in [0.5, 0.6) is 5.88 Å². The summed E-state index contributed by atoms with van der Waals surface area (Å²) in [4.78, 5) is 0. The van der Waals surface area contributed by atoms with E-state index in [-0.39, 0.29) is 0 Å². The lowest BCUT2D eigenvalue weighted by Gasteiger charge is -2.07. The molecule has 0 saturated heterocycles. The third kappa shape index (κ3) is 8.72. The van der Waals surface area contributed by atoms with Crippen LogP contribution in [-0.2, 0) is 26.0 Å². The molecule has 0 aliphatic rings. The molecule has 0 fully saturated rings. The fourth-order valence-corrected chi connectivity index (χ4v) is 2.70. The normalized spacial score (nSPS) is 11.0. The van der Waals surface area contributed by atoms with Crippen LogP contribution in [0.25, 0.3) is 11.3 Å². The Kier molecular flexibility index (Phi) is 10.8. The Morgan fingerprint density at radius 2 is 1.52 bits per heavy atom. The standard InChI is InChI=1S/C18H28N3O5S/c1-3-22-7-8-23-9-10-24-11-12-25-13-14-26-18-17(19-27-20-18)16-5-4-6-21(2)15-16/h4-6,15H,3,7-14H2,1-2H3/q+1. The van der Waals surface area contributed by atoms with Gasteiger partial charge in [-0.05, 0) is 13.0 Å². The maximum atomic E-state index is 5.69. The molecule has 8 nitrogen and oxygen atoms in total. The number of hydrogen-bond acceptors (Lipinski definition) is 8. The second-order valence-electron chi connectivity index (χ2n) is 5.56. The van der Waals surface area contributed by atoms with Crippen LogP contribution in [0.15, 0.2) is 24.5 Å². The smallest absolute Gasteiger partial charge is 0.254 e. The van der Waals surface area contributed by atoms with Crippen LogP contribution in [-0.4, -0.2) is 68.2 Å². The maximum absolute atomic E-state index is 5.69. The maximum Gasteiger partial charge on any atom is 0.254 e. The van der Waals surface area contributed by atoms with Gasteiger partial charge in [-0.2, -0.15) is 4.37 Å². The second-order valence-corrected chi connectivity index (χ2v) is 6.09. The predicted molar refractivity (Wildman–Crippen MR) is 101 cm³/mol. The molecule has 0 aromatic carbocycles. The fraction of sp³-hybridized carbons (Fsp3) is 0.611. The molecular formula is C18H28N3O5S+. The van der Waals surface area contributed by atoms with Crippen LogP contribution < -0.4 is 9.30 Å². The molecule has 0 N–H and O–H groups in total. The van der Waals surface area contributed by atoms with Crippen molar-refractivity contribution in [3.63, 3.8) is 0 Å². The first-order chi connectivity index (χ1) is 13.3. The number of ether oxygens (including phenoxy) is 5. The molecule has 0 aliphatic carbocycles. The summed E-state index contributed by atoms with van der Waals surface area (Å²) < 4.78 is 37.6. The number of nitrogens with zero attached hydrogens (tertiary/aromatic N) is 3. The van der Waals surface area contributed by atoms with Gasteiger partial charge in [0.2, 0.25) is 0 Å². The van der Waals surface area contributed by atoms with Crippen LogP contribution in [0.1, 0.15) is 6.92 Å². The Morgan fingerprint density at radius 3 is 2.15 bits per heavy atom. The summed E-state index contributed by atoms with van der Waals surface area (Å²) >= 11 is 1.14. The van der Waals surface area contributed by atoms with Gasteiger partial charge in [-0.1, -0.05) is 0 Å². The molecule has 2 aromatic heterocycles. The van der Waals surface area contributed by atoms with E-state index in [9.17, 15) is 0 Å². The lowest BCUT2D eigenvalue weighted by molar-refractivity contribution is -0.671. The zero-order valence-electron chi connectivity index (χ0n) is 16.0. The Hall–Kier alpha value is -1.65. The molecule has 0 atom stereocenters. The molecule has 150 valence electrons. The highest BCUT2D eigenvalue weighted by atomic mass is 32.1. The number of pyridine rings is 1. The van der Waals surface area contributed by atoms with Gasteiger partial charge in [0.25, 0.3) is 5.88 Å². The van der Waals surface area contributed by atoms with Gasteiger partial charge in [-0.15, -0.1) is 4.37 Å². The average molecular weight is 399 g/mol. The van der Waals surface area contributed by atoms with Crippen molar-refractivity contribution >= 4 is 11.7 Å². The zero-order chi connectivity index (χ0) is 19.2. The minimum Gasteiger partial charge on any atom is -0.473 e. The van der Waals surface area contributed by atoms with E-state index in [0.717, 1.165) is 23.0 Å². The number of hydrogen-bond donors (Lipinski definition) is 0. The van der Waals surface area contributed by atoms with E-state index in [1.54, 1.807) is 0 Å². The van der Waals surface area contributed by atoms with Gasteiger partial charge in [-0.3, -0.25) is 0 Å². The molecule has 2 heterocycles. The Morgan fingerprint density at radius 1 is 0.889 bits per heavy atom. The van der Waals surface area contributed by atoms with Crippen molar-refractivity contribution in [3.05, 3.63) is 24.5 Å². The molecule has 0 radical (unpaired) electrons. The van der Waals surface area contributed by atoms with Crippen LogP contribution in [0.4, 0.5) is 0 Å². The van der Waals surface area contributed by atoms with E-state index in [4.69, 9.17) is 23.7 Å². The van der Waals surface area contributed by atoms with E-state index < -0.39 is 0 Å². The van der Waals surface area contributed by atoms with Crippen molar-refractivity contribution in [2.24, 2.45) is 7.05 Å². The number of aromatic nitrogens is 3. The lowest BCUT2D eigenvalue weighted by Crippen LogP contribution is -2.26. The quantitative estimate of drug-likeness (QED) is 0.332. The first kappa shape index (κ1) is 21.6. The summed E-state index contributed by atoms with van der Waals surface area (Å²) in [6, 6.07) is 3.95. The first-order valence-electron chi connectivity index (χ1n) is 9.03. The van der Waals surface area contributed by atoms with E-state index >= 15 is 0 Å². The summed E-state index contributed by atoms with van der Waals surface area (Å²) in [5.41, 5.74) is 1.73. The molecule has 0 spiro atoms. The highest BCUT2D eigenvalue weighted by molar-refractivity contribution is 6.99. The van der Waals surface area contributed by atoms with E-state index in [0.29, 0.717) is 65.3 Å². The van der Waals surface area contributed by atoms with Gasteiger partial charge in [0.15, 0.2) is 18.1 Å². The van der Waals surface area contributed by atoms with Crippen LogP contribution in [0.2, 0.25) is 0 Å². The predicted octanol–water partition coefficient (Wildman–Crippen LogP) is 1.49. The molecule has 0 bridgehead atoms. The third-order valence-electron chi connectivity index (χ3n) is 3.46. The van der Waals surface area contributed by atoms with Crippen molar-refractivity contribution in [2.45, 2.75) is 6.92 Å². The highest BCUT2D eigenvalue weighted by Gasteiger charge is 2.14. The van der Waals surface area contributed by atoms with Gasteiger partial charge in [-0.25, -0.2) is 4.57 Å². The van der Waals surface area contributed by atoms with Crippen molar-refractivity contribution in [3.8, 4) is 17.1 Å². The minimum atomic E-state index is 0.415. The molecule has 0 unspecified atom stereocenters. The Bertz CT molecular complexity index is 641. The monoisotopic (exact) mass is 398 g/mol. The van der Waals surface area contributed by atoms with Crippen LogP contribution in [0.3, 0.4) is 0 Å². The average Bonchev–Trinajstić information content (AvgIpc) is 3.14. The van der Waals surface area contributed by atoms with Gasteiger partial charge in [0, 0.05) is 12.7 Å². The summed E-state index contributed by atoms with van der Waals surface area (Å²) in [5.74, 6) is 0.537. The Balaban J connectivity index is 1.50. The van der Waals surface area contributed by atoms with Crippen molar-refractivity contribution in [2.75, 3.05) is 59.5 Å². The SMILES string of the molecule is CCOCCOCCOCCOCCOc1nsnc1-c1ccc[n+](C)c1. The molecule has 2 aromatic rings.